The van der Waals surface area contributed by atoms with Gasteiger partial charge in [-0.05, 0) is 30.9 Å². The summed E-state index contributed by atoms with van der Waals surface area (Å²) in [5.41, 5.74) is 2.67. The molecule has 1 saturated heterocycles. The molecule has 1 heterocycles. The third-order valence-electron chi connectivity index (χ3n) is 3.72. The molecular formula is C16H23NO. The quantitative estimate of drug-likeness (QED) is 0.756. The van der Waals surface area contributed by atoms with Crippen LogP contribution in [0, 0.1) is 0 Å². The zero-order valence-electron chi connectivity index (χ0n) is 11.1. The SMILES string of the molecule is O=CCCc1ccccc1N1CCCCCCC1. The van der Waals surface area contributed by atoms with Crippen LogP contribution in [0.4, 0.5) is 5.69 Å². The average molecular weight is 245 g/mol. The fourth-order valence-corrected chi connectivity index (χ4v) is 2.73. The molecule has 0 amide bonds. The van der Waals surface area contributed by atoms with Crippen LogP contribution in [0.3, 0.4) is 0 Å². The summed E-state index contributed by atoms with van der Waals surface area (Å²) in [6, 6.07) is 8.56. The second-order valence-electron chi connectivity index (χ2n) is 5.09. The molecule has 0 bridgehead atoms. The summed E-state index contributed by atoms with van der Waals surface area (Å²) in [5, 5.41) is 0. The van der Waals surface area contributed by atoms with E-state index in [4.69, 9.17) is 0 Å². The van der Waals surface area contributed by atoms with Crippen molar-refractivity contribution >= 4 is 12.0 Å². The van der Waals surface area contributed by atoms with E-state index in [0.29, 0.717) is 6.42 Å². The molecule has 0 N–H and O–H groups in total. The molecule has 1 aromatic rings. The molecule has 0 spiro atoms. The first kappa shape index (κ1) is 13.1. The number of para-hydroxylation sites is 1. The topological polar surface area (TPSA) is 20.3 Å². The Balaban J connectivity index is 2.11. The molecule has 1 aliphatic heterocycles. The van der Waals surface area contributed by atoms with E-state index in [1.54, 1.807) is 0 Å². The smallest absolute Gasteiger partial charge is 0.120 e. The molecule has 1 aromatic carbocycles. The van der Waals surface area contributed by atoms with Crippen molar-refractivity contribution < 1.29 is 4.79 Å². The van der Waals surface area contributed by atoms with Gasteiger partial charge in [-0.1, -0.05) is 37.5 Å². The standard InChI is InChI=1S/C16H23NO/c18-14-8-10-15-9-4-5-11-16(15)17-12-6-2-1-3-7-13-17/h4-5,9,11,14H,1-3,6-8,10,12-13H2. The minimum Gasteiger partial charge on any atom is -0.371 e. The Morgan fingerprint density at radius 1 is 1.00 bits per heavy atom. The van der Waals surface area contributed by atoms with Gasteiger partial charge in [0.25, 0.3) is 0 Å². The maximum Gasteiger partial charge on any atom is 0.120 e. The van der Waals surface area contributed by atoms with E-state index in [9.17, 15) is 4.79 Å². The number of carbonyl (C=O) groups excluding carboxylic acids is 1. The molecule has 2 heteroatoms. The first-order valence-electron chi connectivity index (χ1n) is 7.18. The maximum absolute atomic E-state index is 10.6. The normalized spacial score (nSPS) is 17.0. The summed E-state index contributed by atoms with van der Waals surface area (Å²) in [6.45, 7) is 2.33. The summed E-state index contributed by atoms with van der Waals surface area (Å²) in [6.07, 6.45) is 9.20. The van der Waals surface area contributed by atoms with Gasteiger partial charge in [-0.25, -0.2) is 0 Å². The summed E-state index contributed by atoms with van der Waals surface area (Å²) >= 11 is 0. The predicted octanol–water partition coefficient (Wildman–Crippen LogP) is 3.59. The monoisotopic (exact) mass is 245 g/mol. The van der Waals surface area contributed by atoms with Crippen molar-refractivity contribution in [1.82, 2.24) is 0 Å². The first-order chi connectivity index (χ1) is 8.92. The van der Waals surface area contributed by atoms with Crippen molar-refractivity contribution in [3.8, 4) is 0 Å². The number of aryl methyl sites for hydroxylation is 1. The highest BCUT2D eigenvalue weighted by Crippen LogP contribution is 2.24. The highest BCUT2D eigenvalue weighted by molar-refractivity contribution is 5.56. The van der Waals surface area contributed by atoms with Gasteiger partial charge in [0, 0.05) is 25.2 Å². The van der Waals surface area contributed by atoms with Crippen LogP contribution in [0.25, 0.3) is 0 Å². The summed E-state index contributed by atoms with van der Waals surface area (Å²) < 4.78 is 0. The number of nitrogens with zero attached hydrogens (tertiary/aromatic N) is 1. The molecule has 0 saturated carbocycles. The van der Waals surface area contributed by atoms with E-state index in [-0.39, 0.29) is 0 Å². The molecule has 18 heavy (non-hydrogen) atoms. The molecule has 2 rings (SSSR count). The minimum absolute atomic E-state index is 0.630. The van der Waals surface area contributed by atoms with Crippen LogP contribution in [0.1, 0.15) is 44.1 Å². The number of hydrogen-bond acceptors (Lipinski definition) is 2. The third-order valence-corrected chi connectivity index (χ3v) is 3.72. The highest BCUT2D eigenvalue weighted by Gasteiger charge is 2.12. The lowest BCUT2D eigenvalue weighted by Crippen LogP contribution is -2.27. The van der Waals surface area contributed by atoms with Crippen molar-refractivity contribution in [3.05, 3.63) is 29.8 Å². The zero-order valence-corrected chi connectivity index (χ0v) is 11.1. The van der Waals surface area contributed by atoms with Gasteiger partial charge in [0.15, 0.2) is 0 Å². The van der Waals surface area contributed by atoms with Crippen molar-refractivity contribution in [2.45, 2.75) is 44.9 Å². The Hall–Kier alpha value is -1.31. The first-order valence-corrected chi connectivity index (χ1v) is 7.18. The molecule has 0 radical (unpaired) electrons. The Morgan fingerprint density at radius 2 is 1.67 bits per heavy atom. The van der Waals surface area contributed by atoms with Crippen LogP contribution in [-0.4, -0.2) is 19.4 Å². The molecular weight excluding hydrogens is 222 g/mol. The lowest BCUT2D eigenvalue weighted by Gasteiger charge is -2.28. The van der Waals surface area contributed by atoms with Crippen molar-refractivity contribution in [1.29, 1.82) is 0 Å². The van der Waals surface area contributed by atoms with Crippen molar-refractivity contribution in [2.75, 3.05) is 18.0 Å². The zero-order chi connectivity index (χ0) is 12.6. The number of benzene rings is 1. The van der Waals surface area contributed by atoms with Crippen LogP contribution in [-0.2, 0) is 11.2 Å². The van der Waals surface area contributed by atoms with Crippen LogP contribution in [0.5, 0.6) is 0 Å². The summed E-state index contributed by atoms with van der Waals surface area (Å²) in [4.78, 5) is 13.1. The molecule has 2 nitrogen and oxygen atoms in total. The van der Waals surface area contributed by atoms with Gasteiger partial charge in [-0.15, -0.1) is 0 Å². The van der Waals surface area contributed by atoms with E-state index >= 15 is 0 Å². The van der Waals surface area contributed by atoms with E-state index in [1.807, 2.05) is 0 Å². The molecule has 0 aliphatic carbocycles. The van der Waals surface area contributed by atoms with E-state index in [0.717, 1.165) is 25.8 Å². The number of aldehydes is 1. The number of rotatable bonds is 4. The van der Waals surface area contributed by atoms with E-state index < -0.39 is 0 Å². The number of hydrogen-bond donors (Lipinski definition) is 0. The van der Waals surface area contributed by atoms with Gasteiger partial charge in [0.1, 0.15) is 6.29 Å². The fraction of sp³-hybridized carbons (Fsp3) is 0.562. The van der Waals surface area contributed by atoms with Crippen LogP contribution < -0.4 is 4.90 Å². The van der Waals surface area contributed by atoms with Gasteiger partial charge in [-0.3, -0.25) is 0 Å². The summed E-state index contributed by atoms with van der Waals surface area (Å²) in [5.74, 6) is 0. The summed E-state index contributed by atoms with van der Waals surface area (Å²) in [7, 11) is 0. The Bertz CT molecular complexity index is 367. The van der Waals surface area contributed by atoms with E-state index in [1.165, 1.54) is 43.4 Å². The Labute approximate surface area is 110 Å². The second-order valence-corrected chi connectivity index (χ2v) is 5.09. The number of anilines is 1. The molecule has 0 atom stereocenters. The molecule has 1 aliphatic rings. The van der Waals surface area contributed by atoms with Gasteiger partial charge in [0.2, 0.25) is 0 Å². The van der Waals surface area contributed by atoms with Crippen molar-refractivity contribution in [3.63, 3.8) is 0 Å². The van der Waals surface area contributed by atoms with Crippen LogP contribution in [0.15, 0.2) is 24.3 Å². The van der Waals surface area contributed by atoms with Crippen LogP contribution in [0.2, 0.25) is 0 Å². The van der Waals surface area contributed by atoms with Crippen molar-refractivity contribution in [2.24, 2.45) is 0 Å². The molecule has 1 fully saturated rings. The Morgan fingerprint density at radius 3 is 2.39 bits per heavy atom. The highest BCUT2D eigenvalue weighted by atomic mass is 16.1. The third kappa shape index (κ3) is 3.59. The minimum atomic E-state index is 0.630. The van der Waals surface area contributed by atoms with Crippen LogP contribution >= 0.6 is 0 Å². The van der Waals surface area contributed by atoms with Gasteiger partial charge in [-0.2, -0.15) is 0 Å². The van der Waals surface area contributed by atoms with E-state index in [2.05, 4.69) is 29.2 Å². The van der Waals surface area contributed by atoms with Gasteiger partial charge < -0.3 is 9.69 Å². The number of carbonyl (C=O) groups is 1. The largest absolute Gasteiger partial charge is 0.371 e. The fourth-order valence-electron chi connectivity index (χ4n) is 2.73. The lowest BCUT2D eigenvalue weighted by atomic mass is 10.0. The van der Waals surface area contributed by atoms with Gasteiger partial charge in [0.05, 0.1) is 0 Å². The predicted molar refractivity (Wildman–Crippen MR) is 76.1 cm³/mol. The molecule has 0 unspecified atom stereocenters. The average Bonchev–Trinajstić information content (AvgIpc) is 2.37. The van der Waals surface area contributed by atoms with Gasteiger partial charge >= 0.3 is 0 Å². The Kier molecular flexibility index (Phi) is 5.25. The second kappa shape index (κ2) is 7.20. The lowest BCUT2D eigenvalue weighted by molar-refractivity contribution is -0.107. The maximum atomic E-state index is 10.6. The molecule has 0 aromatic heterocycles. The molecule has 98 valence electrons.